The lowest BCUT2D eigenvalue weighted by molar-refractivity contribution is 1.17. The molecule has 0 atom stereocenters. The molecule has 0 saturated carbocycles. The van der Waals surface area contributed by atoms with Crippen LogP contribution in [-0.2, 0) is 0 Å². The third kappa shape index (κ3) is 6.65. The molecule has 0 saturated heterocycles. The van der Waals surface area contributed by atoms with Crippen LogP contribution in [0.3, 0.4) is 0 Å². The van der Waals surface area contributed by atoms with Crippen molar-refractivity contribution in [2.75, 3.05) is 4.90 Å². The molecule has 0 spiro atoms. The second kappa shape index (κ2) is 16.5. The molecule has 0 aliphatic heterocycles. The van der Waals surface area contributed by atoms with Crippen LogP contribution in [-0.4, -0.2) is 4.57 Å². The van der Waals surface area contributed by atoms with E-state index in [2.05, 4.69) is 276 Å². The summed E-state index contributed by atoms with van der Waals surface area (Å²) in [5, 5.41) is 9.87. The van der Waals surface area contributed by atoms with Crippen molar-refractivity contribution in [3.8, 4) is 50.2 Å². The monoisotopic (exact) mass is 864 g/mol. The van der Waals surface area contributed by atoms with E-state index in [4.69, 9.17) is 0 Å². The summed E-state index contributed by atoms with van der Waals surface area (Å²) in [6.45, 7) is 0. The zero-order chi connectivity index (χ0) is 45.0. The molecule has 0 unspecified atom stereocenters. The summed E-state index contributed by atoms with van der Waals surface area (Å²) < 4.78 is 2.46. The highest BCUT2D eigenvalue weighted by Crippen LogP contribution is 2.47. The Bertz CT molecular complexity index is 4000. The zero-order valence-electron chi connectivity index (χ0n) is 37.3. The number of nitrogens with zero attached hydrogens (tertiary/aromatic N) is 2. The minimum absolute atomic E-state index is 1.07. The maximum absolute atomic E-state index is 2.46. The van der Waals surface area contributed by atoms with Crippen molar-refractivity contribution in [1.29, 1.82) is 0 Å². The molecule has 0 N–H and O–H groups in total. The minimum Gasteiger partial charge on any atom is -0.308 e. The third-order valence-corrected chi connectivity index (χ3v) is 13.7. The number of anilines is 3. The molecular weight excluding hydrogens is 821 g/mol. The van der Waals surface area contributed by atoms with Crippen molar-refractivity contribution in [3.05, 3.63) is 267 Å². The largest absolute Gasteiger partial charge is 0.308 e. The summed E-state index contributed by atoms with van der Waals surface area (Å²) in [5.74, 6) is 0. The molecule has 0 fully saturated rings. The van der Waals surface area contributed by atoms with Crippen LogP contribution < -0.4 is 4.90 Å². The van der Waals surface area contributed by atoms with Gasteiger partial charge in [-0.2, -0.15) is 0 Å². The van der Waals surface area contributed by atoms with Gasteiger partial charge in [0.05, 0.1) is 16.7 Å². The molecule has 318 valence electrons. The predicted octanol–water partition coefficient (Wildman–Crippen LogP) is 18.4. The molecule has 13 rings (SSSR count). The Morgan fingerprint density at radius 3 is 1.54 bits per heavy atom. The van der Waals surface area contributed by atoms with E-state index in [1.165, 1.54) is 87.6 Å². The Morgan fingerprint density at radius 2 is 0.794 bits per heavy atom. The van der Waals surface area contributed by atoms with E-state index < -0.39 is 0 Å². The lowest BCUT2D eigenvalue weighted by Gasteiger charge is -2.28. The Labute approximate surface area is 395 Å². The molecular formula is C66H44N2. The van der Waals surface area contributed by atoms with Crippen LogP contribution in [0.4, 0.5) is 17.1 Å². The quantitative estimate of drug-likeness (QED) is 0.138. The summed E-state index contributed by atoms with van der Waals surface area (Å²) >= 11 is 0. The van der Waals surface area contributed by atoms with Gasteiger partial charge in [-0.05, 0) is 131 Å². The van der Waals surface area contributed by atoms with Crippen molar-refractivity contribution in [1.82, 2.24) is 4.57 Å². The molecule has 1 aromatic heterocycles. The van der Waals surface area contributed by atoms with Crippen molar-refractivity contribution >= 4 is 71.2 Å². The van der Waals surface area contributed by atoms with E-state index in [-0.39, 0.29) is 0 Å². The molecule has 1 heterocycles. The van der Waals surface area contributed by atoms with E-state index in [1.54, 1.807) is 0 Å². The van der Waals surface area contributed by atoms with Gasteiger partial charge in [0, 0.05) is 27.8 Å². The molecule has 2 nitrogen and oxygen atoms in total. The molecule has 0 amide bonds. The van der Waals surface area contributed by atoms with Crippen molar-refractivity contribution in [2.45, 2.75) is 0 Å². The van der Waals surface area contributed by atoms with Gasteiger partial charge in [0.15, 0.2) is 0 Å². The van der Waals surface area contributed by atoms with Crippen LogP contribution in [0, 0.1) is 0 Å². The second-order valence-electron chi connectivity index (χ2n) is 17.6. The number of hydrogen-bond acceptors (Lipinski definition) is 1. The molecule has 68 heavy (non-hydrogen) atoms. The maximum atomic E-state index is 2.46. The first kappa shape index (κ1) is 39.4. The van der Waals surface area contributed by atoms with Gasteiger partial charge in [0.1, 0.15) is 0 Å². The number of benzene rings is 12. The van der Waals surface area contributed by atoms with E-state index in [9.17, 15) is 0 Å². The van der Waals surface area contributed by atoms with Gasteiger partial charge in [0.2, 0.25) is 0 Å². The van der Waals surface area contributed by atoms with E-state index in [0.29, 0.717) is 0 Å². The van der Waals surface area contributed by atoms with E-state index >= 15 is 0 Å². The van der Waals surface area contributed by atoms with Crippen molar-refractivity contribution < 1.29 is 0 Å². The molecule has 0 bridgehead atoms. The number of aromatic nitrogens is 1. The Balaban J connectivity index is 1.02. The summed E-state index contributed by atoms with van der Waals surface area (Å²) in [7, 11) is 0. The number of fused-ring (bicyclic) bond motifs is 7. The van der Waals surface area contributed by atoms with Crippen LogP contribution >= 0.6 is 0 Å². The van der Waals surface area contributed by atoms with E-state index in [1.807, 2.05) is 0 Å². The van der Waals surface area contributed by atoms with Gasteiger partial charge < -0.3 is 9.47 Å². The minimum atomic E-state index is 1.07. The standard InChI is InChI=1S/C66H44N2/c1-4-18-45(19-5-1)51-26-16-27-54(42-51)67(63-33-17-31-60-58-29-14-15-32-62(58)68(66(60)63)55-40-36-46-20-10-11-25-50(46)43-55)53-38-34-47(35-39-53)52-37-41-57-56-28-12-13-30-59(56)64(48-21-6-2-7-22-48)65(61(57)44-52)49-23-8-3-9-24-49/h1-44H. The zero-order valence-corrected chi connectivity index (χ0v) is 37.3. The summed E-state index contributed by atoms with van der Waals surface area (Å²) in [6.07, 6.45) is 0. The molecule has 0 aliphatic rings. The fourth-order valence-electron chi connectivity index (χ4n) is 10.6. The molecule has 0 aliphatic carbocycles. The fourth-order valence-corrected chi connectivity index (χ4v) is 10.6. The van der Waals surface area contributed by atoms with Crippen molar-refractivity contribution in [2.24, 2.45) is 0 Å². The predicted molar refractivity (Wildman–Crippen MR) is 290 cm³/mol. The SMILES string of the molecule is c1ccc(-c2cccc(N(c3ccc(-c4ccc5c(c4)c(-c4ccccc4)c(-c4ccccc4)c4ccccc45)cc3)c3cccc4c5ccccc5n(-c5ccc6ccccc6c5)c34)c2)cc1. The highest BCUT2D eigenvalue weighted by atomic mass is 15.2. The average molecular weight is 865 g/mol. The summed E-state index contributed by atoms with van der Waals surface area (Å²) in [5.41, 5.74) is 16.3. The third-order valence-electron chi connectivity index (χ3n) is 13.7. The molecule has 2 heteroatoms. The summed E-state index contributed by atoms with van der Waals surface area (Å²) in [6, 6.07) is 97.6. The van der Waals surface area contributed by atoms with Gasteiger partial charge in [-0.15, -0.1) is 0 Å². The Hall–Kier alpha value is -8.98. The summed E-state index contributed by atoms with van der Waals surface area (Å²) in [4.78, 5) is 2.45. The lowest BCUT2D eigenvalue weighted by Crippen LogP contribution is -2.12. The highest BCUT2D eigenvalue weighted by molar-refractivity contribution is 6.22. The van der Waals surface area contributed by atoms with Crippen LogP contribution in [0.15, 0.2) is 267 Å². The first-order chi connectivity index (χ1) is 33.7. The number of hydrogen-bond donors (Lipinski definition) is 0. The fraction of sp³-hybridized carbons (Fsp3) is 0. The molecule has 12 aromatic carbocycles. The second-order valence-corrected chi connectivity index (χ2v) is 17.6. The van der Waals surface area contributed by atoms with Crippen LogP contribution in [0.25, 0.3) is 104 Å². The maximum Gasteiger partial charge on any atom is 0.0782 e. The van der Waals surface area contributed by atoms with Gasteiger partial charge >= 0.3 is 0 Å². The Kier molecular flexibility index (Phi) is 9.54. The van der Waals surface area contributed by atoms with Gasteiger partial charge in [-0.25, -0.2) is 0 Å². The van der Waals surface area contributed by atoms with Gasteiger partial charge in [-0.1, -0.05) is 212 Å². The van der Waals surface area contributed by atoms with Crippen LogP contribution in [0.5, 0.6) is 0 Å². The number of para-hydroxylation sites is 2. The van der Waals surface area contributed by atoms with Gasteiger partial charge in [-0.3, -0.25) is 0 Å². The average Bonchev–Trinajstić information content (AvgIpc) is 3.76. The lowest BCUT2D eigenvalue weighted by atomic mass is 9.84. The molecule has 0 radical (unpaired) electrons. The highest BCUT2D eigenvalue weighted by Gasteiger charge is 2.23. The van der Waals surface area contributed by atoms with Crippen LogP contribution in [0.2, 0.25) is 0 Å². The normalized spacial score (nSPS) is 11.5. The smallest absolute Gasteiger partial charge is 0.0782 e. The molecule has 13 aromatic rings. The van der Waals surface area contributed by atoms with E-state index in [0.717, 1.165) is 33.8 Å². The van der Waals surface area contributed by atoms with Gasteiger partial charge in [0.25, 0.3) is 0 Å². The Morgan fingerprint density at radius 1 is 0.265 bits per heavy atom. The topological polar surface area (TPSA) is 8.17 Å². The first-order valence-corrected chi connectivity index (χ1v) is 23.4. The number of rotatable bonds is 8. The van der Waals surface area contributed by atoms with Crippen LogP contribution in [0.1, 0.15) is 0 Å². The van der Waals surface area contributed by atoms with Crippen molar-refractivity contribution in [3.63, 3.8) is 0 Å². The first-order valence-electron chi connectivity index (χ1n) is 23.4.